The van der Waals surface area contributed by atoms with E-state index in [0.717, 1.165) is 30.6 Å². The van der Waals surface area contributed by atoms with Gasteiger partial charge in [0.1, 0.15) is 12.4 Å². The number of aromatic nitrogens is 2. The number of nitrogens with zero attached hydrogens (tertiary/aromatic N) is 2. The van der Waals surface area contributed by atoms with Crippen molar-refractivity contribution in [1.29, 1.82) is 0 Å². The minimum Gasteiger partial charge on any atom is -0.490 e. The first-order valence-corrected chi connectivity index (χ1v) is 10.0. The Hall–Kier alpha value is -2.57. The molecule has 3 aromatic rings. The maximum Gasteiger partial charge on any atom is 0.180 e. The Morgan fingerprint density at radius 2 is 1.97 bits per heavy atom. The van der Waals surface area contributed by atoms with Gasteiger partial charge >= 0.3 is 0 Å². The van der Waals surface area contributed by atoms with Crippen LogP contribution in [0.4, 0.5) is 4.39 Å². The molecule has 0 spiro atoms. The predicted octanol–water partition coefficient (Wildman–Crippen LogP) is 4.83. The molecular formula is C22H25ClFN3O2. The Kier molecular flexibility index (Phi) is 7.90. The van der Waals surface area contributed by atoms with E-state index >= 15 is 0 Å². The minimum atomic E-state index is -0.274. The van der Waals surface area contributed by atoms with E-state index in [1.165, 1.54) is 12.1 Å². The van der Waals surface area contributed by atoms with Crippen molar-refractivity contribution < 1.29 is 13.9 Å². The first-order valence-electron chi connectivity index (χ1n) is 9.64. The fourth-order valence-corrected chi connectivity index (χ4v) is 3.19. The summed E-state index contributed by atoms with van der Waals surface area (Å²) in [7, 11) is 0. The molecule has 1 aromatic heterocycles. The van der Waals surface area contributed by atoms with Crippen LogP contribution in [0, 0.1) is 5.82 Å². The highest BCUT2D eigenvalue weighted by molar-refractivity contribution is 6.32. The van der Waals surface area contributed by atoms with Crippen LogP contribution in [-0.4, -0.2) is 22.7 Å². The summed E-state index contributed by atoms with van der Waals surface area (Å²) in [4.78, 5) is 4.04. The van der Waals surface area contributed by atoms with Gasteiger partial charge in [-0.1, -0.05) is 23.7 Å². The van der Waals surface area contributed by atoms with Crippen LogP contribution >= 0.6 is 11.6 Å². The maximum atomic E-state index is 13.1. The second kappa shape index (κ2) is 10.8. The highest BCUT2D eigenvalue weighted by Gasteiger charge is 2.13. The zero-order valence-electron chi connectivity index (χ0n) is 16.4. The van der Waals surface area contributed by atoms with Crippen LogP contribution in [0.25, 0.3) is 0 Å². The molecule has 0 unspecified atom stereocenters. The molecule has 0 bridgehead atoms. The molecule has 5 nitrogen and oxygen atoms in total. The number of imidazole rings is 1. The number of hydrogen-bond acceptors (Lipinski definition) is 4. The summed E-state index contributed by atoms with van der Waals surface area (Å²) in [5.74, 6) is 0.836. The second-order valence-electron chi connectivity index (χ2n) is 6.58. The van der Waals surface area contributed by atoms with Gasteiger partial charge in [0.05, 0.1) is 18.0 Å². The lowest BCUT2D eigenvalue weighted by Gasteiger charge is -2.16. The molecule has 7 heteroatoms. The fourth-order valence-electron chi connectivity index (χ4n) is 2.90. The van der Waals surface area contributed by atoms with Crippen LogP contribution in [0.3, 0.4) is 0 Å². The van der Waals surface area contributed by atoms with Crippen molar-refractivity contribution in [2.45, 2.75) is 33.0 Å². The van der Waals surface area contributed by atoms with Gasteiger partial charge in [0, 0.05) is 25.5 Å². The quantitative estimate of drug-likeness (QED) is 0.454. The molecule has 154 valence electrons. The van der Waals surface area contributed by atoms with E-state index < -0.39 is 0 Å². The molecule has 0 aliphatic carbocycles. The third kappa shape index (κ3) is 6.48. The lowest BCUT2D eigenvalue weighted by Crippen LogP contribution is -2.16. The van der Waals surface area contributed by atoms with Crippen molar-refractivity contribution in [3.05, 3.63) is 77.1 Å². The van der Waals surface area contributed by atoms with Crippen LogP contribution in [0.1, 0.15) is 24.5 Å². The molecule has 0 radical (unpaired) electrons. The lowest BCUT2D eigenvalue weighted by molar-refractivity contribution is 0.269. The number of hydrogen-bond donors (Lipinski definition) is 1. The monoisotopic (exact) mass is 417 g/mol. The van der Waals surface area contributed by atoms with Crippen LogP contribution in [-0.2, 0) is 19.7 Å². The summed E-state index contributed by atoms with van der Waals surface area (Å²) in [6, 6.07) is 10.0. The Morgan fingerprint density at radius 3 is 2.69 bits per heavy atom. The summed E-state index contributed by atoms with van der Waals surface area (Å²) in [5.41, 5.74) is 1.88. The molecular weight excluding hydrogens is 393 g/mol. The van der Waals surface area contributed by atoms with E-state index in [-0.39, 0.29) is 12.4 Å². The third-order valence-corrected chi connectivity index (χ3v) is 4.60. The number of aryl methyl sites for hydroxylation is 1. The van der Waals surface area contributed by atoms with Gasteiger partial charge in [0.25, 0.3) is 0 Å². The minimum absolute atomic E-state index is 0.274. The molecule has 29 heavy (non-hydrogen) atoms. The zero-order chi connectivity index (χ0) is 20.5. The van der Waals surface area contributed by atoms with Gasteiger partial charge in [-0.2, -0.15) is 0 Å². The van der Waals surface area contributed by atoms with E-state index in [2.05, 4.69) is 14.9 Å². The summed E-state index contributed by atoms with van der Waals surface area (Å²) in [6.07, 6.45) is 6.56. The first-order chi connectivity index (χ1) is 14.2. The number of nitrogens with one attached hydrogen (secondary N) is 1. The zero-order valence-corrected chi connectivity index (χ0v) is 17.2. The van der Waals surface area contributed by atoms with Crippen molar-refractivity contribution in [2.75, 3.05) is 13.2 Å². The standard InChI is InChI=1S/C22H25ClFN3O2/c1-2-28-21-13-18(14-25-8-3-10-27-11-9-26-16-27)12-20(23)22(21)29-15-17-4-6-19(24)7-5-17/h4-7,9,11-13,16,25H,2-3,8,10,14-15H2,1H3. The number of benzene rings is 2. The van der Waals surface area contributed by atoms with Crippen molar-refractivity contribution in [1.82, 2.24) is 14.9 Å². The van der Waals surface area contributed by atoms with Crippen LogP contribution in [0.2, 0.25) is 5.02 Å². The Balaban J connectivity index is 1.57. The van der Waals surface area contributed by atoms with E-state index in [0.29, 0.717) is 29.7 Å². The SMILES string of the molecule is CCOc1cc(CNCCCn2ccnc2)cc(Cl)c1OCc1ccc(F)cc1. The first kappa shape index (κ1) is 21.1. The fraction of sp³-hybridized carbons (Fsp3) is 0.318. The van der Waals surface area contributed by atoms with Crippen LogP contribution in [0.5, 0.6) is 11.5 Å². The van der Waals surface area contributed by atoms with Crippen molar-refractivity contribution in [3.63, 3.8) is 0 Å². The number of ether oxygens (including phenoxy) is 2. The highest BCUT2D eigenvalue weighted by Crippen LogP contribution is 2.37. The van der Waals surface area contributed by atoms with Gasteiger partial charge in [0.2, 0.25) is 0 Å². The summed E-state index contributed by atoms with van der Waals surface area (Å²) in [5, 5.41) is 3.91. The lowest BCUT2D eigenvalue weighted by atomic mass is 10.2. The van der Waals surface area contributed by atoms with Gasteiger partial charge in [-0.05, 0) is 55.3 Å². The molecule has 1 heterocycles. The van der Waals surface area contributed by atoms with Gasteiger partial charge < -0.3 is 19.4 Å². The molecule has 2 aromatic carbocycles. The van der Waals surface area contributed by atoms with Crippen molar-refractivity contribution in [2.24, 2.45) is 0 Å². The van der Waals surface area contributed by atoms with Crippen molar-refractivity contribution in [3.8, 4) is 11.5 Å². The smallest absolute Gasteiger partial charge is 0.180 e. The van der Waals surface area contributed by atoms with E-state index in [9.17, 15) is 4.39 Å². The molecule has 0 amide bonds. The number of halogens is 2. The molecule has 3 rings (SSSR count). The highest BCUT2D eigenvalue weighted by atomic mass is 35.5. The number of rotatable bonds is 11. The average molecular weight is 418 g/mol. The molecule has 0 atom stereocenters. The second-order valence-corrected chi connectivity index (χ2v) is 6.99. The average Bonchev–Trinajstić information content (AvgIpc) is 3.22. The van der Waals surface area contributed by atoms with Crippen LogP contribution in [0.15, 0.2) is 55.1 Å². The molecule has 0 aliphatic rings. The van der Waals surface area contributed by atoms with Gasteiger partial charge in [-0.3, -0.25) is 0 Å². The van der Waals surface area contributed by atoms with E-state index in [4.69, 9.17) is 21.1 Å². The molecule has 0 fully saturated rings. The van der Waals surface area contributed by atoms with E-state index in [1.54, 1.807) is 18.3 Å². The largest absolute Gasteiger partial charge is 0.490 e. The Bertz CT molecular complexity index is 886. The van der Waals surface area contributed by atoms with E-state index in [1.807, 2.05) is 31.6 Å². The Labute approximate surface area is 175 Å². The predicted molar refractivity (Wildman–Crippen MR) is 112 cm³/mol. The topological polar surface area (TPSA) is 48.3 Å². The molecule has 1 N–H and O–H groups in total. The van der Waals surface area contributed by atoms with Crippen LogP contribution < -0.4 is 14.8 Å². The molecule has 0 saturated carbocycles. The van der Waals surface area contributed by atoms with Gasteiger partial charge in [-0.25, -0.2) is 9.37 Å². The maximum absolute atomic E-state index is 13.1. The van der Waals surface area contributed by atoms with Gasteiger partial charge in [0.15, 0.2) is 11.5 Å². The summed E-state index contributed by atoms with van der Waals surface area (Å²) in [6.45, 7) is 5.19. The summed E-state index contributed by atoms with van der Waals surface area (Å²) < 4.78 is 26.7. The summed E-state index contributed by atoms with van der Waals surface area (Å²) >= 11 is 6.47. The third-order valence-electron chi connectivity index (χ3n) is 4.32. The van der Waals surface area contributed by atoms with Gasteiger partial charge in [-0.15, -0.1) is 0 Å². The molecule has 0 aliphatic heterocycles. The van der Waals surface area contributed by atoms with Crippen molar-refractivity contribution >= 4 is 11.6 Å². The Morgan fingerprint density at radius 1 is 1.14 bits per heavy atom. The normalized spacial score (nSPS) is 10.9. The molecule has 0 saturated heterocycles.